The van der Waals surface area contributed by atoms with Gasteiger partial charge in [0, 0.05) is 16.9 Å². The van der Waals surface area contributed by atoms with Gasteiger partial charge in [-0.1, -0.05) is 48.0 Å². The quantitative estimate of drug-likeness (QED) is 0.581. The topological polar surface area (TPSA) is 79.9 Å². The highest BCUT2D eigenvalue weighted by Gasteiger charge is 2.60. The van der Waals surface area contributed by atoms with Gasteiger partial charge in [-0.05, 0) is 50.6 Å². The van der Waals surface area contributed by atoms with Crippen LogP contribution in [0.3, 0.4) is 0 Å². The average molecular weight is 458 g/mol. The van der Waals surface area contributed by atoms with Gasteiger partial charge < -0.3 is 20.1 Å². The van der Waals surface area contributed by atoms with E-state index in [9.17, 15) is 9.59 Å². The van der Waals surface area contributed by atoms with Crippen molar-refractivity contribution in [2.24, 2.45) is 5.92 Å². The molecule has 2 aliphatic rings. The van der Waals surface area contributed by atoms with Crippen LogP contribution in [0.5, 0.6) is 11.5 Å². The number of fused-ring (bicyclic) bond motifs is 4. The predicted molar refractivity (Wildman–Crippen MR) is 130 cm³/mol. The third-order valence-corrected chi connectivity index (χ3v) is 6.65. The summed E-state index contributed by atoms with van der Waals surface area (Å²) < 4.78 is 12.1. The molecular formula is C27H27N3O4. The number of nitrogens with zero attached hydrogens (tertiary/aromatic N) is 1. The molecule has 0 saturated carbocycles. The SMILES string of the molecule is COc1cccc2c1OC1(C)C(C(=O)Nc3ccc(C)cc3C)C2NC(=O)N1c1ccccc1. The maximum absolute atomic E-state index is 13.9. The minimum Gasteiger partial charge on any atom is -0.493 e. The molecule has 2 aliphatic heterocycles. The molecule has 3 aromatic rings. The van der Waals surface area contributed by atoms with Crippen LogP contribution in [0.2, 0.25) is 0 Å². The number of hydrogen-bond acceptors (Lipinski definition) is 4. The average Bonchev–Trinajstić information content (AvgIpc) is 2.80. The monoisotopic (exact) mass is 457 g/mol. The van der Waals surface area contributed by atoms with Crippen LogP contribution in [0, 0.1) is 19.8 Å². The molecule has 0 aromatic heterocycles. The Morgan fingerprint density at radius 3 is 2.56 bits per heavy atom. The Kier molecular flexibility index (Phi) is 5.20. The maximum atomic E-state index is 13.9. The van der Waals surface area contributed by atoms with E-state index in [-0.39, 0.29) is 11.9 Å². The fourth-order valence-electron chi connectivity index (χ4n) is 5.06. The number of para-hydroxylation sites is 2. The number of anilines is 2. The molecule has 3 unspecified atom stereocenters. The number of rotatable bonds is 4. The third kappa shape index (κ3) is 3.36. The van der Waals surface area contributed by atoms with E-state index in [0.717, 1.165) is 16.8 Å². The molecule has 1 fully saturated rings. The Hall–Kier alpha value is -4.00. The van der Waals surface area contributed by atoms with Crippen molar-refractivity contribution in [3.63, 3.8) is 0 Å². The Bertz CT molecular complexity index is 1280. The van der Waals surface area contributed by atoms with Crippen LogP contribution in [0.1, 0.15) is 29.7 Å². The number of amides is 3. The molecule has 2 N–H and O–H groups in total. The van der Waals surface area contributed by atoms with Gasteiger partial charge >= 0.3 is 6.03 Å². The second kappa shape index (κ2) is 8.09. The van der Waals surface area contributed by atoms with Crippen molar-refractivity contribution in [1.82, 2.24) is 5.32 Å². The van der Waals surface area contributed by atoms with Crippen molar-refractivity contribution in [3.8, 4) is 11.5 Å². The molecule has 1 saturated heterocycles. The van der Waals surface area contributed by atoms with Crippen LogP contribution in [0.25, 0.3) is 0 Å². The van der Waals surface area contributed by atoms with Gasteiger partial charge in [0.05, 0.1) is 13.2 Å². The zero-order valence-electron chi connectivity index (χ0n) is 19.6. The van der Waals surface area contributed by atoms with Crippen molar-refractivity contribution in [3.05, 3.63) is 83.4 Å². The van der Waals surface area contributed by atoms with Crippen LogP contribution in [-0.2, 0) is 4.79 Å². The number of hydrogen-bond donors (Lipinski definition) is 2. The summed E-state index contributed by atoms with van der Waals surface area (Å²) in [6.07, 6.45) is 0. The zero-order chi connectivity index (χ0) is 24.0. The van der Waals surface area contributed by atoms with Gasteiger partial charge in [-0.2, -0.15) is 0 Å². The molecule has 2 heterocycles. The molecule has 0 radical (unpaired) electrons. The van der Waals surface area contributed by atoms with E-state index in [1.54, 1.807) is 14.0 Å². The summed E-state index contributed by atoms with van der Waals surface area (Å²) in [5, 5.41) is 6.14. The lowest BCUT2D eigenvalue weighted by atomic mass is 9.78. The molecule has 7 heteroatoms. The standard InChI is InChI=1S/C27H27N3O4/c1-16-13-14-20(17(2)15-16)28-25(31)22-23-19-11-8-12-21(33-4)24(19)34-27(22,3)30(26(32)29-23)18-9-6-5-7-10-18/h5-15,22-23H,1-4H3,(H,28,31)(H,29,32). The van der Waals surface area contributed by atoms with E-state index < -0.39 is 17.7 Å². The Balaban J connectivity index is 1.64. The Labute approximate surface area is 198 Å². The third-order valence-electron chi connectivity index (χ3n) is 6.65. The van der Waals surface area contributed by atoms with Gasteiger partial charge in [0.1, 0.15) is 5.92 Å². The number of benzene rings is 3. The normalized spacial score (nSPS) is 22.8. The van der Waals surface area contributed by atoms with Crippen LogP contribution in [0.4, 0.5) is 16.2 Å². The second-order valence-electron chi connectivity index (χ2n) is 8.92. The molecule has 5 rings (SSSR count). The lowest BCUT2D eigenvalue weighted by Crippen LogP contribution is -2.72. The van der Waals surface area contributed by atoms with Gasteiger partial charge in [-0.3, -0.25) is 9.69 Å². The Morgan fingerprint density at radius 2 is 1.85 bits per heavy atom. The summed E-state index contributed by atoms with van der Waals surface area (Å²) in [6.45, 7) is 5.75. The summed E-state index contributed by atoms with van der Waals surface area (Å²) in [7, 11) is 1.57. The minimum atomic E-state index is -1.31. The number of ether oxygens (including phenoxy) is 2. The summed E-state index contributed by atoms with van der Waals surface area (Å²) >= 11 is 0. The minimum absolute atomic E-state index is 0.242. The number of urea groups is 1. The fourth-order valence-corrected chi connectivity index (χ4v) is 5.06. The highest BCUT2D eigenvalue weighted by atomic mass is 16.5. The van der Waals surface area contributed by atoms with E-state index in [4.69, 9.17) is 9.47 Å². The van der Waals surface area contributed by atoms with Crippen LogP contribution >= 0.6 is 0 Å². The molecule has 3 amide bonds. The van der Waals surface area contributed by atoms with E-state index in [1.807, 2.05) is 80.6 Å². The number of methoxy groups -OCH3 is 1. The van der Waals surface area contributed by atoms with Gasteiger partial charge in [0.25, 0.3) is 0 Å². The molecule has 0 aliphatic carbocycles. The van der Waals surface area contributed by atoms with Gasteiger partial charge in [-0.25, -0.2) is 4.79 Å². The molecule has 3 aromatic carbocycles. The first-order valence-corrected chi connectivity index (χ1v) is 11.2. The fraction of sp³-hybridized carbons (Fsp3) is 0.259. The summed E-state index contributed by atoms with van der Waals surface area (Å²) in [5.41, 5.74) is 2.84. The molecule has 34 heavy (non-hydrogen) atoms. The van der Waals surface area contributed by atoms with Crippen molar-refractivity contribution in [2.75, 3.05) is 17.3 Å². The Morgan fingerprint density at radius 1 is 1.09 bits per heavy atom. The zero-order valence-corrected chi connectivity index (χ0v) is 19.6. The molecule has 2 bridgehead atoms. The number of aryl methyl sites for hydroxylation is 2. The van der Waals surface area contributed by atoms with Crippen molar-refractivity contribution in [2.45, 2.75) is 32.5 Å². The first-order chi connectivity index (χ1) is 16.3. The summed E-state index contributed by atoms with van der Waals surface area (Å²) in [5.74, 6) is 0.0830. The van der Waals surface area contributed by atoms with Gasteiger partial charge in [0.2, 0.25) is 11.6 Å². The van der Waals surface area contributed by atoms with Crippen molar-refractivity contribution >= 4 is 23.3 Å². The highest BCUT2D eigenvalue weighted by molar-refractivity contribution is 6.01. The number of carbonyl (C=O) groups excluding carboxylic acids is 2. The lowest BCUT2D eigenvalue weighted by Gasteiger charge is -2.54. The molecule has 174 valence electrons. The molecule has 3 atom stereocenters. The van der Waals surface area contributed by atoms with Crippen LogP contribution in [-0.4, -0.2) is 24.8 Å². The lowest BCUT2D eigenvalue weighted by molar-refractivity contribution is -0.131. The summed E-state index contributed by atoms with van der Waals surface area (Å²) in [6, 6.07) is 19.7. The van der Waals surface area contributed by atoms with Crippen molar-refractivity contribution < 1.29 is 19.1 Å². The molecule has 0 spiro atoms. The molecule has 7 nitrogen and oxygen atoms in total. The van der Waals surface area contributed by atoms with E-state index in [0.29, 0.717) is 22.7 Å². The van der Waals surface area contributed by atoms with E-state index in [2.05, 4.69) is 10.6 Å². The first-order valence-electron chi connectivity index (χ1n) is 11.2. The first kappa shape index (κ1) is 21.8. The largest absolute Gasteiger partial charge is 0.493 e. The maximum Gasteiger partial charge on any atom is 0.325 e. The second-order valence-corrected chi connectivity index (χ2v) is 8.92. The van der Waals surface area contributed by atoms with Crippen LogP contribution < -0.4 is 25.0 Å². The van der Waals surface area contributed by atoms with Gasteiger partial charge in [-0.15, -0.1) is 0 Å². The number of nitrogens with one attached hydrogen (secondary N) is 2. The molecular weight excluding hydrogens is 430 g/mol. The van der Waals surface area contributed by atoms with Crippen molar-refractivity contribution in [1.29, 1.82) is 0 Å². The predicted octanol–water partition coefficient (Wildman–Crippen LogP) is 4.95. The smallest absolute Gasteiger partial charge is 0.325 e. The van der Waals surface area contributed by atoms with Gasteiger partial charge in [0.15, 0.2) is 11.5 Å². The number of carbonyl (C=O) groups is 2. The van der Waals surface area contributed by atoms with E-state index in [1.165, 1.54) is 4.90 Å². The van der Waals surface area contributed by atoms with Crippen LogP contribution in [0.15, 0.2) is 66.7 Å². The van der Waals surface area contributed by atoms with E-state index >= 15 is 0 Å². The summed E-state index contributed by atoms with van der Waals surface area (Å²) in [4.78, 5) is 28.8. The highest BCUT2D eigenvalue weighted by Crippen LogP contribution is 2.52.